The van der Waals surface area contributed by atoms with Gasteiger partial charge in [-0.2, -0.15) is 5.10 Å². The van der Waals surface area contributed by atoms with E-state index in [4.69, 9.17) is 0 Å². The molecule has 0 aromatic carbocycles. The Balaban J connectivity index is 0.00000144. The van der Waals surface area contributed by atoms with Crippen molar-refractivity contribution in [2.45, 2.75) is 32.4 Å². The van der Waals surface area contributed by atoms with Crippen LogP contribution in [0, 0.1) is 0 Å². The summed E-state index contributed by atoms with van der Waals surface area (Å²) in [6.07, 6.45) is 6.28. The highest BCUT2D eigenvalue weighted by molar-refractivity contribution is 14.0. The van der Waals surface area contributed by atoms with Gasteiger partial charge in [-0.3, -0.25) is 9.67 Å². The van der Waals surface area contributed by atoms with Crippen molar-refractivity contribution in [2.75, 3.05) is 13.1 Å². The molecule has 1 aromatic rings. The topological polar surface area (TPSA) is 54.2 Å². The van der Waals surface area contributed by atoms with E-state index in [1.165, 1.54) is 12.8 Å². The number of nitrogens with one attached hydrogen (secondary N) is 2. The van der Waals surface area contributed by atoms with Crippen molar-refractivity contribution < 1.29 is 0 Å². The summed E-state index contributed by atoms with van der Waals surface area (Å²) >= 11 is 0. The van der Waals surface area contributed by atoms with Gasteiger partial charge in [0, 0.05) is 25.0 Å². The maximum Gasteiger partial charge on any atom is 0.191 e. The number of hydrogen-bond donors (Lipinski definition) is 2. The average molecular weight is 349 g/mol. The second kappa shape index (κ2) is 7.52. The molecule has 1 fully saturated rings. The van der Waals surface area contributed by atoms with Crippen LogP contribution in [-0.4, -0.2) is 34.9 Å². The molecule has 0 radical (unpaired) electrons. The van der Waals surface area contributed by atoms with Crippen molar-refractivity contribution in [2.24, 2.45) is 4.99 Å². The van der Waals surface area contributed by atoms with Gasteiger partial charge in [0.25, 0.3) is 0 Å². The van der Waals surface area contributed by atoms with Crippen LogP contribution in [-0.2, 0) is 6.54 Å². The Labute approximate surface area is 119 Å². The molecule has 17 heavy (non-hydrogen) atoms. The molecule has 6 heteroatoms. The normalized spacial score (nSPS) is 15.2. The van der Waals surface area contributed by atoms with Gasteiger partial charge in [-0.05, 0) is 25.8 Å². The van der Waals surface area contributed by atoms with Crippen molar-refractivity contribution in [1.29, 1.82) is 0 Å². The average Bonchev–Trinajstić information content (AvgIpc) is 2.93. The van der Waals surface area contributed by atoms with Crippen molar-refractivity contribution in [3.63, 3.8) is 0 Å². The third kappa shape index (κ3) is 5.38. The number of aromatic nitrogens is 2. The number of halogens is 1. The third-order valence-corrected chi connectivity index (χ3v) is 2.42. The molecule has 1 aliphatic rings. The first-order chi connectivity index (χ1) is 7.88. The van der Waals surface area contributed by atoms with Crippen molar-refractivity contribution in [3.8, 4) is 0 Å². The maximum absolute atomic E-state index is 4.50. The zero-order chi connectivity index (χ0) is 11.2. The highest BCUT2D eigenvalue weighted by Crippen LogP contribution is 2.18. The quantitative estimate of drug-likeness (QED) is 0.478. The number of hydrogen-bond acceptors (Lipinski definition) is 2. The molecular formula is C11H20IN5. The molecule has 5 nitrogen and oxygen atoms in total. The summed E-state index contributed by atoms with van der Waals surface area (Å²) in [6.45, 7) is 4.57. The number of aliphatic imine (C=N–C) groups is 1. The zero-order valence-electron chi connectivity index (χ0n) is 10.1. The number of guanidine groups is 1. The predicted octanol–water partition coefficient (Wildman–Crippen LogP) is 1.22. The summed E-state index contributed by atoms with van der Waals surface area (Å²) in [5.74, 6) is 0.928. The minimum absolute atomic E-state index is 0. The summed E-state index contributed by atoms with van der Waals surface area (Å²) < 4.78 is 1.89. The molecule has 0 spiro atoms. The molecule has 2 rings (SSSR count). The van der Waals surface area contributed by atoms with E-state index in [2.05, 4.69) is 27.6 Å². The predicted molar refractivity (Wildman–Crippen MR) is 79.8 cm³/mol. The largest absolute Gasteiger partial charge is 0.357 e. The van der Waals surface area contributed by atoms with Gasteiger partial charge in [-0.25, -0.2) is 0 Å². The molecule has 1 aliphatic carbocycles. The lowest BCUT2D eigenvalue weighted by Gasteiger charge is -2.09. The van der Waals surface area contributed by atoms with E-state index in [0.29, 0.717) is 6.04 Å². The lowest BCUT2D eigenvalue weighted by Crippen LogP contribution is -2.38. The summed E-state index contributed by atoms with van der Waals surface area (Å²) in [7, 11) is 0. The molecule has 0 amide bonds. The second-order valence-electron chi connectivity index (χ2n) is 3.95. The first kappa shape index (κ1) is 14.3. The van der Waals surface area contributed by atoms with Crippen LogP contribution in [0.2, 0.25) is 0 Å². The van der Waals surface area contributed by atoms with E-state index in [1.807, 2.05) is 16.9 Å². The molecule has 0 unspecified atom stereocenters. The molecule has 0 atom stereocenters. The maximum atomic E-state index is 4.50. The lowest BCUT2D eigenvalue weighted by atomic mass is 10.6. The van der Waals surface area contributed by atoms with E-state index >= 15 is 0 Å². The van der Waals surface area contributed by atoms with Crippen molar-refractivity contribution in [1.82, 2.24) is 20.4 Å². The molecule has 96 valence electrons. The number of rotatable bonds is 5. The summed E-state index contributed by atoms with van der Waals surface area (Å²) in [4.78, 5) is 4.50. The monoisotopic (exact) mass is 349 g/mol. The van der Waals surface area contributed by atoms with Crippen molar-refractivity contribution in [3.05, 3.63) is 18.5 Å². The highest BCUT2D eigenvalue weighted by atomic mass is 127. The molecule has 0 saturated heterocycles. The Hall–Kier alpha value is -0.790. The minimum Gasteiger partial charge on any atom is -0.357 e. The summed E-state index contributed by atoms with van der Waals surface area (Å²) in [5.41, 5.74) is 0. The minimum atomic E-state index is 0. The molecule has 2 N–H and O–H groups in total. The fraction of sp³-hybridized carbons (Fsp3) is 0.636. The molecule has 1 aromatic heterocycles. The van der Waals surface area contributed by atoms with E-state index in [9.17, 15) is 0 Å². The zero-order valence-corrected chi connectivity index (χ0v) is 12.4. The molecule has 0 aliphatic heterocycles. The molecular weight excluding hydrogens is 329 g/mol. The Morgan fingerprint density at radius 2 is 2.35 bits per heavy atom. The fourth-order valence-electron chi connectivity index (χ4n) is 1.44. The van der Waals surface area contributed by atoms with Crippen LogP contribution in [0.3, 0.4) is 0 Å². The Morgan fingerprint density at radius 1 is 1.53 bits per heavy atom. The third-order valence-electron chi connectivity index (χ3n) is 2.42. The van der Waals surface area contributed by atoms with Gasteiger partial charge in [0.15, 0.2) is 5.96 Å². The summed E-state index contributed by atoms with van der Waals surface area (Å²) in [6, 6.07) is 2.57. The Bertz CT molecular complexity index is 332. The van der Waals surface area contributed by atoms with E-state index < -0.39 is 0 Å². The highest BCUT2D eigenvalue weighted by Gasteiger charge is 2.21. The van der Waals surface area contributed by atoms with Gasteiger partial charge in [-0.1, -0.05) is 0 Å². The standard InChI is InChI=1S/C11H19N5.HI/c1-2-12-11(15-10-4-5-10)13-7-9-16-8-3-6-14-16;/h3,6,8,10H,2,4-5,7,9H2,1H3,(H2,12,13,15);1H. The van der Waals surface area contributed by atoms with Crippen LogP contribution in [0.5, 0.6) is 0 Å². The molecule has 1 saturated carbocycles. The lowest BCUT2D eigenvalue weighted by molar-refractivity contribution is 0.622. The Morgan fingerprint density at radius 3 is 2.94 bits per heavy atom. The van der Waals surface area contributed by atoms with Crippen LogP contribution < -0.4 is 10.6 Å². The van der Waals surface area contributed by atoms with Gasteiger partial charge in [0.05, 0.1) is 13.1 Å². The van der Waals surface area contributed by atoms with Crippen LogP contribution in [0.4, 0.5) is 0 Å². The van der Waals surface area contributed by atoms with Crippen LogP contribution in [0.25, 0.3) is 0 Å². The first-order valence-electron chi connectivity index (χ1n) is 5.90. The Kier molecular flexibility index (Phi) is 6.31. The van der Waals surface area contributed by atoms with Crippen molar-refractivity contribution >= 4 is 29.9 Å². The first-order valence-corrected chi connectivity index (χ1v) is 5.90. The smallest absolute Gasteiger partial charge is 0.191 e. The SMILES string of the molecule is CCNC(=NCCn1cccn1)NC1CC1.I. The van der Waals surface area contributed by atoms with Crippen LogP contribution in [0.15, 0.2) is 23.5 Å². The van der Waals surface area contributed by atoms with E-state index in [1.54, 1.807) is 6.20 Å². The second-order valence-corrected chi connectivity index (χ2v) is 3.95. The van der Waals surface area contributed by atoms with E-state index in [-0.39, 0.29) is 24.0 Å². The van der Waals surface area contributed by atoms with Crippen LogP contribution in [0.1, 0.15) is 19.8 Å². The molecule has 0 bridgehead atoms. The van der Waals surface area contributed by atoms with Gasteiger partial charge in [-0.15, -0.1) is 24.0 Å². The fourth-order valence-corrected chi connectivity index (χ4v) is 1.44. The number of nitrogens with zero attached hydrogens (tertiary/aromatic N) is 3. The van der Waals surface area contributed by atoms with Gasteiger partial charge >= 0.3 is 0 Å². The van der Waals surface area contributed by atoms with E-state index in [0.717, 1.165) is 25.6 Å². The van der Waals surface area contributed by atoms with Crippen LogP contribution >= 0.6 is 24.0 Å². The summed E-state index contributed by atoms with van der Waals surface area (Å²) in [5, 5.41) is 10.8. The molecule has 1 heterocycles. The van der Waals surface area contributed by atoms with Gasteiger partial charge < -0.3 is 10.6 Å². The van der Waals surface area contributed by atoms with Gasteiger partial charge in [0.1, 0.15) is 0 Å². The van der Waals surface area contributed by atoms with Gasteiger partial charge in [0.2, 0.25) is 0 Å².